The topological polar surface area (TPSA) is 71.1 Å². The van der Waals surface area contributed by atoms with Crippen LogP contribution in [0.25, 0.3) is 0 Å². The molecule has 0 bridgehead atoms. The smallest absolute Gasteiger partial charge is 0.385 e. The predicted octanol–water partition coefficient (Wildman–Crippen LogP) is 2.87. The highest BCUT2D eigenvalue weighted by Gasteiger charge is 2.58. The van der Waals surface area contributed by atoms with E-state index >= 15 is 0 Å². The zero-order valence-electron chi connectivity index (χ0n) is 22.3. The van der Waals surface area contributed by atoms with E-state index in [0.29, 0.717) is 18.3 Å². The van der Waals surface area contributed by atoms with Crippen LogP contribution in [0.15, 0.2) is 0 Å². The second-order valence-electron chi connectivity index (χ2n) is 12.8. The summed E-state index contributed by atoms with van der Waals surface area (Å²) in [6, 6.07) is -0.0403. The normalized spacial score (nSPS) is 41.6. The molecule has 0 radical (unpaired) electrons. The van der Waals surface area contributed by atoms with Crippen LogP contribution in [-0.2, 0) is 4.79 Å². The second kappa shape index (κ2) is 10.7. The molecule has 3 saturated heterocycles. The van der Waals surface area contributed by atoms with E-state index in [0.717, 1.165) is 38.8 Å². The van der Waals surface area contributed by atoms with E-state index in [-0.39, 0.29) is 44.2 Å². The van der Waals surface area contributed by atoms with Crippen molar-refractivity contribution >= 4 is 5.91 Å². The Morgan fingerprint density at radius 3 is 2.55 bits per heavy atom. The first-order valence-electron chi connectivity index (χ1n) is 14.2. The molecule has 9 atom stereocenters. The summed E-state index contributed by atoms with van der Waals surface area (Å²) in [6.45, 7) is 2.30. The van der Waals surface area contributed by atoms with E-state index in [1.165, 1.54) is 4.90 Å². The number of amides is 1. The van der Waals surface area contributed by atoms with Crippen molar-refractivity contribution in [1.29, 1.82) is 0 Å². The van der Waals surface area contributed by atoms with Crippen LogP contribution in [0.2, 0.25) is 0 Å². The number of β-amino-alcohol motifs (C(OH)–C–C–N with tert-alkyl or cyclic N) is 1. The highest BCUT2D eigenvalue weighted by Crippen LogP contribution is 2.51. The molecule has 3 aliphatic heterocycles. The summed E-state index contributed by atoms with van der Waals surface area (Å²) in [5.74, 6) is -6.21. The van der Waals surface area contributed by atoms with Gasteiger partial charge in [-0.3, -0.25) is 14.6 Å². The molecular formula is C26H42F5N5O2. The maximum absolute atomic E-state index is 14.2. The number of carbonyl (C=O) groups excluding carboxylic acids is 1. The van der Waals surface area contributed by atoms with Crippen molar-refractivity contribution in [3.8, 4) is 0 Å². The molecule has 218 valence electrons. The van der Waals surface area contributed by atoms with Crippen LogP contribution < -0.4 is 10.9 Å². The average Bonchev–Trinajstić information content (AvgIpc) is 3.47. The lowest BCUT2D eigenvalue weighted by Crippen LogP contribution is -2.44. The SMILES string of the molecule is C[C@H](CC1NNCN1C)C1CCCC(N2CC3C(CC(CN4CC(O)C(F)(F)C4)CC3C(F)(F)F)C2=O)C1. The number of likely N-dealkylation sites (tertiary alicyclic amines) is 2. The molecule has 7 nitrogen and oxygen atoms in total. The standard InChI is InChI=1S/C26H42F5N5O2/c1-15(6-23-33-32-14-34(23)2)17-4-3-5-18(9-17)36-11-20-19(24(36)38)7-16(8-21(20)26(29,30)31)10-35-12-22(37)25(27,28)13-35/h15-23,32-33,37H,3-14H2,1-2H3/t15-,16?,17?,18?,19?,20?,21?,22?,23?/m1/s1. The maximum Gasteiger partial charge on any atom is 0.392 e. The summed E-state index contributed by atoms with van der Waals surface area (Å²) in [5.41, 5.74) is 6.43. The third-order valence-corrected chi connectivity index (χ3v) is 10.2. The van der Waals surface area contributed by atoms with Crippen molar-refractivity contribution in [1.82, 2.24) is 25.6 Å². The number of nitrogens with one attached hydrogen (secondary N) is 2. The quantitative estimate of drug-likeness (QED) is 0.441. The molecule has 5 rings (SSSR count). The average molecular weight is 552 g/mol. The molecule has 3 heterocycles. The zero-order valence-corrected chi connectivity index (χ0v) is 22.3. The largest absolute Gasteiger partial charge is 0.392 e. The molecule has 8 unspecified atom stereocenters. The van der Waals surface area contributed by atoms with Gasteiger partial charge in [-0.1, -0.05) is 19.8 Å². The Morgan fingerprint density at radius 1 is 1.16 bits per heavy atom. The zero-order chi connectivity index (χ0) is 27.4. The predicted molar refractivity (Wildman–Crippen MR) is 131 cm³/mol. The molecule has 0 spiro atoms. The number of halogens is 5. The van der Waals surface area contributed by atoms with Crippen molar-refractivity contribution in [3.05, 3.63) is 0 Å². The van der Waals surface area contributed by atoms with E-state index in [1.54, 1.807) is 4.90 Å². The summed E-state index contributed by atoms with van der Waals surface area (Å²) in [6.07, 6.45) is -1.24. The number of nitrogens with zero attached hydrogens (tertiary/aromatic N) is 3. The lowest BCUT2D eigenvalue weighted by Gasteiger charge is -2.39. The fourth-order valence-corrected chi connectivity index (χ4v) is 8.01. The molecule has 2 aliphatic carbocycles. The van der Waals surface area contributed by atoms with Gasteiger partial charge < -0.3 is 10.0 Å². The van der Waals surface area contributed by atoms with Crippen LogP contribution in [0.3, 0.4) is 0 Å². The summed E-state index contributed by atoms with van der Waals surface area (Å²) in [5, 5.41) is 9.62. The highest BCUT2D eigenvalue weighted by atomic mass is 19.4. The Balaban J connectivity index is 1.25. The monoisotopic (exact) mass is 551 g/mol. The van der Waals surface area contributed by atoms with Gasteiger partial charge in [0.05, 0.1) is 25.3 Å². The highest BCUT2D eigenvalue weighted by molar-refractivity contribution is 5.82. The van der Waals surface area contributed by atoms with Gasteiger partial charge in [-0.15, -0.1) is 0 Å². The van der Waals surface area contributed by atoms with E-state index in [1.807, 2.05) is 0 Å². The van der Waals surface area contributed by atoms with Crippen molar-refractivity contribution in [2.45, 2.75) is 82.3 Å². The van der Waals surface area contributed by atoms with Gasteiger partial charge in [0.15, 0.2) is 0 Å². The number of aliphatic hydroxyl groups is 1. The van der Waals surface area contributed by atoms with Gasteiger partial charge in [0.2, 0.25) is 5.91 Å². The fraction of sp³-hybridized carbons (Fsp3) is 0.962. The van der Waals surface area contributed by atoms with Gasteiger partial charge in [0, 0.05) is 31.6 Å². The minimum Gasteiger partial charge on any atom is -0.385 e. The number of hydrazine groups is 1. The molecule has 3 N–H and O–H groups in total. The Morgan fingerprint density at radius 2 is 1.92 bits per heavy atom. The van der Waals surface area contributed by atoms with Crippen molar-refractivity contribution in [2.24, 2.45) is 35.5 Å². The van der Waals surface area contributed by atoms with E-state index in [9.17, 15) is 31.9 Å². The van der Waals surface area contributed by atoms with Gasteiger partial charge in [0.25, 0.3) is 5.92 Å². The Kier molecular flexibility index (Phi) is 8.03. The summed E-state index contributed by atoms with van der Waals surface area (Å²) in [7, 11) is 2.06. The van der Waals surface area contributed by atoms with Crippen LogP contribution in [0, 0.1) is 35.5 Å². The third kappa shape index (κ3) is 5.70. The van der Waals surface area contributed by atoms with Crippen LogP contribution in [0.5, 0.6) is 0 Å². The molecule has 5 aliphatic rings. The lowest BCUT2D eigenvalue weighted by atomic mass is 9.68. The maximum atomic E-state index is 14.2. The summed E-state index contributed by atoms with van der Waals surface area (Å²) < 4.78 is 70.3. The minimum atomic E-state index is -4.44. The number of rotatable bonds is 6. The molecule has 0 aromatic heterocycles. The minimum absolute atomic E-state index is 0.0403. The van der Waals surface area contributed by atoms with Crippen molar-refractivity contribution in [2.75, 3.05) is 39.9 Å². The van der Waals surface area contributed by atoms with Crippen molar-refractivity contribution < 1.29 is 31.9 Å². The van der Waals surface area contributed by atoms with E-state index < -0.39 is 48.4 Å². The molecule has 5 fully saturated rings. The van der Waals surface area contributed by atoms with Gasteiger partial charge in [0.1, 0.15) is 6.10 Å². The Hall–Kier alpha value is -1.08. The molecular weight excluding hydrogens is 509 g/mol. The Labute approximate surface area is 221 Å². The molecule has 0 aromatic rings. The first-order valence-corrected chi connectivity index (χ1v) is 14.2. The van der Waals surface area contributed by atoms with Crippen LogP contribution >= 0.6 is 0 Å². The van der Waals surface area contributed by atoms with E-state index in [2.05, 4.69) is 29.7 Å². The third-order valence-electron chi connectivity index (χ3n) is 10.2. The molecule has 2 saturated carbocycles. The van der Waals surface area contributed by atoms with Gasteiger partial charge in [-0.25, -0.2) is 19.6 Å². The van der Waals surface area contributed by atoms with Crippen molar-refractivity contribution in [3.63, 3.8) is 0 Å². The first kappa shape index (κ1) is 28.4. The van der Waals surface area contributed by atoms with Gasteiger partial charge in [-0.05, 0) is 62.8 Å². The number of fused-ring (bicyclic) bond motifs is 1. The Bertz CT molecular complexity index is 862. The van der Waals surface area contributed by atoms with Crippen LogP contribution in [-0.4, -0.2) is 96.0 Å². The van der Waals surface area contributed by atoms with Crippen LogP contribution in [0.1, 0.15) is 51.9 Å². The lowest BCUT2D eigenvalue weighted by molar-refractivity contribution is -0.204. The number of aliphatic hydroxyl groups excluding tert-OH is 1. The number of carbonyl (C=O) groups is 1. The molecule has 1 amide bonds. The molecule has 12 heteroatoms. The number of hydrogen-bond acceptors (Lipinski definition) is 6. The molecule has 38 heavy (non-hydrogen) atoms. The fourth-order valence-electron chi connectivity index (χ4n) is 8.01. The second-order valence-corrected chi connectivity index (χ2v) is 12.8. The summed E-state index contributed by atoms with van der Waals surface area (Å²) in [4.78, 5) is 18.9. The van der Waals surface area contributed by atoms with Gasteiger partial charge in [-0.2, -0.15) is 13.2 Å². The number of hydrogen-bond donors (Lipinski definition) is 3. The number of alkyl halides is 5. The van der Waals surface area contributed by atoms with E-state index in [4.69, 9.17) is 0 Å². The molecule has 0 aromatic carbocycles. The first-order chi connectivity index (χ1) is 17.8. The van der Waals surface area contributed by atoms with Crippen LogP contribution in [0.4, 0.5) is 22.0 Å². The van der Waals surface area contributed by atoms with Gasteiger partial charge >= 0.3 is 6.18 Å². The summed E-state index contributed by atoms with van der Waals surface area (Å²) >= 11 is 0.